The SMILES string of the molecule is CCC1CCC(NC(=O)NC2CCCC(C(=O)O)C2)C1C. The first kappa shape index (κ1) is 16.1. The molecule has 0 heterocycles. The van der Waals surface area contributed by atoms with Crippen LogP contribution in [0.25, 0.3) is 0 Å². The highest BCUT2D eigenvalue weighted by Gasteiger charge is 2.33. The van der Waals surface area contributed by atoms with E-state index >= 15 is 0 Å². The number of nitrogens with one attached hydrogen (secondary N) is 2. The van der Waals surface area contributed by atoms with Gasteiger partial charge < -0.3 is 15.7 Å². The van der Waals surface area contributed by atoms with Crippen molar-refractivity contribution in [2.45, 2.75) is 70.9 Å². The highest BCUT2D eigenvalue weighted by atomic mass is 16.4. The van der Waals surface area contributed by atoms with Crippen LogP contribution in [0.1, 0.15) is 58.8 Å². The van der Waals surface area contributed by atoms with Gasteiger partial charge in [-0.05, 0) is 43.9 Å². The third-order valence-electron chi connectivity index (χ3n) is 5.43. The van der Waals surface area contributed by atoms with Gasteiger partial charge in [-0.25, -0.2) is 4.79 Å². The molecule has 120 valence electrons. The highest BCUT2D eigenvalue weighted by Crippen LogP contribution is 2.33. The van der Waals surface area contributed by atoms with Gasteiger partial charge in [0.05, 0.1) is 5.92 Å². The van der Waals surface area contributed by atoms with Crippen molar-refractivity contribution in [1.82, 2.24) is 10.6 Å². The lowest BCUT2D eigenvalue weighted by atomic mass is 9.86. The average Bonchev–Trinajstić information content (AvgIpc) is 2.79. The van der Waals surface area contributed by atoms with Crippen LogP contribution in [0.5, 0.6) is 0 Å². The Balaban J connectivity index is 1.78. The quantitative estimate of drug-likeness (QED) is 0.746. The lowest BCUT2D eigenvalue weighted by Gasteiger charge is -2.28. The van der Waals surface area contributed by atoms with E-state index < -0.39 is 5.97 Å². The zero-order valence-corrected chi connectivity index (χ0v) is 13.1. The van der Waals surface area contributed by atoms with E-state index in [1.165, 1.54) is 12.8 Å². The van der Waals surface area contributed by atoms with Gasteiger partial charge in [-0.1, -0.05) is 26.7 Å². The van der Waals surface area contributed by atoms with Gasteiger partial charge in [-0.3, -0.25) is 4.79 Å². The molecular weight excluding hydrogens is 268 g/mol. The van der Waals surface area contributed by atoms with E-state index in [0.717, 1.165) is 25.7 Å². The predicted octanol–water partition coefficient (Wildman–Crippen LogP) is 2.75. The minimum absolute atomic E-state index is 0.00136. The van der Waals surface area contributed by atoms with Gasteiger partial charge in [0.1, 0.15) is 0 Å². The minimum Gasteiger partial charge on any atom is -0.481 e. The minimum atomic E-state index is -0.739. The maximum Gasteiger partial charge on any atom is 0.315 e. The molecule has 0 aromatic carbocycles. The molecule has 0 bridgehead atoms. The van der Waals surface area contributed by atoms with E-state index in [4.69, 9.17) is 5.11 Å². The normalized spacial score (nSPS) is 36.2. The molecule has 2 rings (SSSR count). The van der Waals surface area contributed by atoms with Crippen LogP contribution >= 0.6 is 0 Å². The van der Waals surface area contributed by atoms with Crippen molar-refractivity contribution >= 4 is 12.0 Å². The third-order valence-corrected chi connectivity index (χ3v) is 5.43. The van der Waals surface area contributed by atoms with Crippen LogP contribution in [0.3, 0.4) is 0 Å². The van der Waals surface area contributed by atoms with Crippen molar-refractivity contribution in [2.75, 3.05) is 0 Å². The molecule has 2 saturated carbocycles. The summed E-state index contributed by atoms with van der Waals surface area (Å²) < 4.78 is 0. The molecule has 5 unspecified atom stereocenters. The number of carbonyl (C=O) groups excluding carboxylic acids is 1. The maximum absolute atomic E-state index is 12.1. The van der Waals surface area contributed by atoms with Crippen molar-refractivity contribution in [3.8, 4) is 0 Å². The second kappa shape index (κ2) is 7.14. The molecule has 0 spiro atoms. The molecule has 0 aromatic heterocycles. The summed E-state index contributed by atoms with van der Waals surface area (Å²) in [6.07, 6.45) is 6.45. The molecule has 21 heavy (non-hydrogen) atoms. The number of carboxylic acids is 1. The van der Waals surface area contributed by atoms with Crippen molar-refractivity contribution in [3.63, 3.8) is 0 Å². The Kier molecular flexibility index (Phi) is 5.48. The molecule has 5 heteroatoms. The summed E-state index contributed by atoms with van der Waals surface area (Å²) >= 11 is 0. The van der Waals surface area contributed by atoms with Crippen LogP contribution in [-0.4, -0.2) is 29.2 Å². The Morgan fingerprint density at radius 3 is 2.52 bits per heavy atom. The number of hydrogen-bond acceptors (Lipinski definition) is 2. The van der Waals surface area contributed by atoms with Gasteiger partial charge in [-0.15, -0.1) is 0 Å². The van der Waals surface area contributed by atoms with E-state index in [-0.39, 0.29) is 24.0 Å². The monoisotopic (exact) mass is 296 g/mol. The van der Waals surface area contributed by atoms with Crippen LogP contribution in [0.15, 0.2) is 0 Å². The van der Waals surface area contributed by atoms with Crippen molar-refractivity contribution < 1.29 is 14.7 Å². The fourth-order valence-electron chi connectivity index (χ4n) is 3.97. The topological polar surface area (TPSA) is 78.4 Å². The average molecular weight is 296 g/mol. The molecule has 2 fully saturated rings. The molecule has 0 aliphatic heterocycles. The molecular formula is C16H28N2O3. The zero-order valence-electron chi connectivity index (χ0n) is 13.1. The number of carboxylic acid groups (broad SMARTS) is 1. The molecule has 3 N–H and O–H groups in total. The summed E-state index contributed by atoms with van der Waals surface area (Å²) in [6, 6.07) is 0.131. The molecule has 2 aliphatic carbocycles. The molecule has 5 atom stereocenters. The molecule has 5 nitrogen and oxygen atoms in total. The summed E-state index contributed by atoms with van der Waals surface area (Å²) in [7, 11) is 0. The molecule has 2 amide bonds. The lowest BCUT2D eigenvalue weighted by molar-refractivity contribution is -0.143. The molecule has 0 radical (unpaired) electrons. The summed E-state index contributed by atoms with van der Waals surface area (Å²) in [5.41, 5.74) is 0. The number of rotatable bonds is 4. The number of carbonyl (C=O) groups is 2. The Bertz CT molecular complexity index is 386. The smallest absolute Gasteiger partial charge is 0.315 e. The fourth-order valence-corrected chi connectivity index (χ4v) is 3.97. The van der Waals surface area contributed by atoms with Crippen LogP contribution in [0, 0.1) is 17.8 Å². The summed E-state index contributed by atoms with van der Waals surface area (Å²) in [4.78, 5) is 23.2. The molecule has 0 saturated heterocycles. The van der Waals surface area contributed by atoms with Crippen LogP contribution in [-0.2, 0) is 4.79 Å². The van der Waals surface area contributed by atoms with Crippen LogP contribution in [0.4, 0.5) is 4.79 Å². The number of hydrogen-bond donors (Lipinski definition) is 3. The maximum atomic E-state index is 12.1. The van der Waals surface area contributed by atoms with E-state index in [1.54, 1.807) is 0 Å². The Hall–Kier alpha value is -1.26. The summed E-state index contributed by atoms with van der Waals surface area (Å²) in [5, 5.41) is 15.1. The van der Waals surface area contributed by atoms with Gasteiger partial charge in [0, 0.05) is 12.1 Å². The van der Waals surface area contributed by atoms with Crippen molar-refractivity contribution in [3.05, 3.63) is 0 Å². The first-order chi connectivity index (χ1) is 10.0. The van der Waals surface area contributed by atoms with Crippen molar-refractivity contribution in [2.24, 2.45) is 17.8 Å². The fraction of sp³-hybridized carbons (Fsp3) is 0.875. The Morgan fingerprint density at radius 1 is 1.14 bits per heavy atom. The first-order valence-electron chi connectivity index (χ1n) is 8.31. The van der Waals surface area contributed by atoms with E-state index in [9.17, 15) is 9.59 Å². The number of urea groups is 1. The standard InChI is InChI=1S/C16H28N2O3/c1-3-11-7-8-14(10(11)2)18-16(21)17-13-6-4-5-12(9-13)15(19)20/h10-14H,3-9H2,1-2H3,(H,19,20)(H2,17,18,21). The van der Waals surface area contributed by atoms with Gasteiger partial charge in [-0.2, -0.15) is 0 Å². The van der Waals surface area contributed by atoms with Crippen molar-refractivity contribution in [1.29, 1.82) is 0 Å². The lowest BCUT2D eigenvalue weighted by Crippen LogP contribution is -2.49. The van der Waals surface area contributed by atoms with Gasteiger partial charge in [0.25, 0.3) is 0 Å². The predicted molar refractivity (Wildman–Crippen MR) is 81.0 cm³/mol. The summed E-state index contributed by atoms with van der Waals surface area (Å²) in [5.74, 6) is 0.191. The van der Waals surface area contributed by atoms with Gasteiger partial charge in [0.15, 0.2) is 0 Å². The Morgan fingerprint density at radius 2 is 1.90 bits per heavy atom. The zero-order chi connectivity index (χ0) is 15.4. The number of amides is 2. The van der Waals surface area contributed by atoms with E-state index in [1.807, 2.05) is 0 Å². The first-order valence-corrected chi connectivity index (χ1v) is 8.31. The largest absolute Gasteiger partial charge is 0.481 e. The highest BCUT2D eigenvalue weighted by molar-refractivity contribution is 5.75. The van der Waals surface area contributed by atoms with Gasteiger partial charge >= 0.3 is 12.0 Å². The molecule has 2 aliphatic rings. The summed E-state index contributed by atoms with van der Waals surface area (Å²) in [6.45, 7) is 4.42. The van der Waals surface area contributed by atoms with Crippen LogP contribution < -0.4 is 10.6 Å². The second-order valence-electron chi connectivity index (χ2n) is 6.73. The second-order valence-corrected chi connectivity index (χ2v) is 6.73. The van der Waals surface area contributed by atoms with Gasteiger partial charge in [0.2, 0.25) is 0 Å². The van der Waals surface area contributed by atoms with E-state index in [0.29, 0.717) is 18.3 Å². The van der Waals surface area contributed by atoms with Crippen LogP contribution in [0.2, 0.25) is 0 Å². The third kappa shape index (κ3) is 4.11. The Labute approximate surface area is 126 Å². The molecule has 0 aromatic rings. The number of aliphatic carboxylic acids is 1. The van der Waals surface area contributed by atoms with E-state index in [2.05, 4.69) is 24.5 Å².